The zero-order valence-corrected chi connectivity index (χ0v) is 7.42. The highest BCUT2D eigenvalue weighted by atomic mass is 19.4. The monoisotopic (exact) mass is 213 g/mol. The number of aromatic nitrogens is 3. The molecule has 0 aromatic carbocycles. The number of halogens is 3. The first-order chi connectivity index (χ1) is 7.07. The van der Waals surface area contributed by atoms with Gasteiger partial charge in [-0.1, -0.05) is 0 Å². The van der Waals surface area contributed by atoms with Crippen molar-refractivity contribution < 1.29 is 13.2 Å². The summed E-state index contributed by atoms with van der Waals surface area (Å²) in [5.41, 5.74) is 0.0204. The lowest BCUT2D eigenvalue weighted by Crippen LogP contribution is -2.04. The van der Waals surface area contributed by atoms with Crippen LogP contribution in [0.25, 0.3) is 11.3 Å². The number of alkyl halides is 3. The third-order valence-corrected chi connectivity index (χ3v) is 1.86. The van der Waals surface area contributed by atoms with Gasteiger partial charge in [-0.05, 0) is 18.2 Å². The van der Waals surface area contributed by atoms with Crippen LogP contribution in [0.5, 0.6) is 0 Å². The molecular formula is C9H6F3N3. The SMILES string of the molecule is FC(F)(F)c1cc(-c2ccncc2)[nH]n1. The fraction of sp³-hybridized carbons (Fsp3) is 0.111. The van der Waals surface area contributed by atoms with Gasteiger partial charge in [-0.2, -0.15) is 18.3 Å². The van der Waals surface area contributed by atoms with Crippen LogP contribution in [0, 0.1) is 0 Å². The molecule has 0 bridgehead atoms. The first-order valence-corrected chi connectivity index (χ1v) is 4.10. The van der Waals surface area contributed by atoms with Crippen LogP contribution in [0.3, 0.4) is 0 Å². The third-order valence-electron chi connectivity index (χ3n) is 1.86. The molecule has 3 nitrogen and oxygen atoms in total. The van der Waals surface area contributed by atoms with E-state index in [-0.39, 0.29) is 0 Å². The molecule has 0 atom stereocenters. The molecule has 0 saturated heterocycles. The van der Waals surface area contributed by atoms with Gasteiger partial charge in [0.2, 0.25) is 0 Å². The van der Waals surface area contributed by atoms with Crippen molar-refractivity contribution in [2.45, 2.75) is 6.18 Å². The Hall–Kier alpha value is -1.85. The number of rotatable bonds is 1. The first-order valence-electron chi connectivity index (χ1n) is 4.10. The average Bonchev–Trinajstić information content (AvgIpc) is 2.67. The van der Waals surface area contributed by atoms with Crippen LogP contribution in [0.4, 0.5) is 13.2 Å². The maximum absolute atomic E-state index is 12.2. The molecule has 15 heavy (non-hydrogen) atoms. The number of hydrogen-bond donors (Lipinski definition) is 1. The lowest BCUT2D eigenvalue weighted by molar-refractivity contribution is -0.141. The van der Waals surface area contributed by atoms with Crippen molar-refractivity contribution in [2.24, 2.45) is 0 Å². The predicted octanol–water partition coefficient (Wildman–Crippen LogP) is 2.49. The highest BCUT2D eigenvalue weighted by Crippen LogP contribution is 2.29. The summed E-state index contributed by atoms with van der Waals surface area (Å²) in [6.07, 6.45) is -1.41. The van der Waals surface area contributed by atoms with E-state index in [9.17, 15) is 13.2 Å². The second kappa shape index (κ2) is 3.38. The summed E-state index contributed by atoms with van der Waals surface area (Å²) < 4.78 is 36.7. The van der Waals surface area contributed by atoms with E-state index in [2.05, 4.69) is 15.2 Å². The summed E-state index contributed by atoms with van der Waals surface area (Å²) >= 11 is 0. The lowest BCUT2D eigenvalue weighted by Gasteiger charge is -1.98. The molecule has 2 aromatic heterocycles. The summed E-state index contributed by atoms with van der Waals surface area (Å²) in [7, 11) is 0. The van der Waals surface area contributed by atoms with Crippen LogP contribution >= 0.6 is 0 Å². The van der Waals surface area contributed by atoms with Crippen LogP contribution in [0.2, 0.25) is 0 Å². The standard InChI is InChI=1S/C9H6F3N3/c10-9(11,12)8-5-7(14-15-8)6-1-3-13-4-2-6/h1-5H,(H,14,15). The molecule has 0 aliphatic carbocycles. The molecule has 1 N–H and O–H groups in total. The molecule has 0 unspecified atom stereocenters. The maximum atomic E-state index is 12.2. The van der Waals surface area contributed by atoms with Crippen LogP contribution in [0.1, 0.15) is 5.69 Å². The molecular weight excluding hydrogens is 207 g/mol. The van der Waals surface area contributed by atoms with Gasteiger partial charge in [0.15, 0.2) is 5.69 Å². The minimum atomic E-state index is -4.41. The summed E-state index contributed by atoms with van der Waals surface area (Å²) in [5.74, 6) is 0. The molecule has 78 valence electrons. The predicted molar refractivity (Wildman–Crippen MR) is 46.8 cm³/mol. The molecule has 0 aliphatic rings. The minimum Gasteiger partial charge on any atom is -0.277 e. The van der Waals surface area contributed by atoms with Crippen molar-refractivity contribution in [2.75, 3.05) is 0 Å². The molecule has 0 amide bonds. The van der Waals surface area contributed by atoms with Gasteiger partial charge in [0, 0.05) is 18.0 Å². The third kappa shape index (κ3) is 1.98. The number of hydrogen-bond acceptors (Lipinski definition) is 2. The normalized spacial score (nSPS) is 11.7. The van der Waals surface area contributed by atoms with E-state index < -0.39 is 11.9 Å². The van der Waals surface area contributed by atoms with E-state index in [1.54, 1.807) is 12.1 Å². The second-order valence-corrected chi connectivity index (χ2v) is 2.90. The van der Waals surface area contributed by atoms with Crippen molar-refractivity contribution in [1.82, 2.24) is 15.2 Å². The smallest absolute Gasteiger partial charge is 0.277 e. The highest BCUT2D eigenvalue weighted by molar-refractivity contribution is 5.58. The molecule has 0 fully saturated rings. The molecule has 0 aliphatic heterocycles. The van der Waals surface area contributed by atoms with Crippen molar-refractivity contribution in [3.05, 3.63) is 36.3 Å². The van der Waals surface area contributed by atoms with E-state index in [4.69, 9.17) is 0 Å². The van der Waals surface area contributed by atoms with Crippen LogP contribution in [-0.4, -0.2) is 15.2 Å². The first kappa shape index (κ1) is 9.70. The average molecular weight is 213 g/mol. The van der Waals surface area contributed by atoms with E-state index in [1.807, 2.05) is 0 Å². The second-order valence-electron chi connectivity index (χ2n) is 2.90. The maximum Gasteiger partial charge on any atom is 0.435 e. The Morgan fingerprint density at radius 2 is 1.80 bits per heavy atom. The number of nitrogens with one attached hydrogen (secondary N) is 1. The van der Waals surface area contributed by atoms with Gasteiger partial charge in [-0.15, -0.1) is 0 Å². The Balaban J connectivity index is 2.37. The molecule has 2 heterocycles. The van der Waals surface area contributed by atoms with Crippen molar-refractivity contribution in [3.63, 3.8) is 0 Å². The Labute approximate surface area is 83.0 Å². The molecule has 2 rings (SSSR count). The largest absolute Gasteiger partial charge is 0.435 e. The fourth-order valence-corrected chi connectivity index (χ4v) is 1.15. The lowest BCUT2D eigenvalue weighted by atomic mass is 10.2. The highest BCUT2D eigenvalue weighted by Gasteiger charge is 2.33. The zero-order valence-electron chi connectivity index (χ0n) is 7.42. The summed E-state index contributed by atoms with van der Waals surface area (Å²) in [6.45, 7) is 0. The van der Waals surface area contributed by atoms with Gasteiger partial charge >= 0.3 is 6.18 Å². The molecule has 2 aromatic rings. The van der Waals surface area contributed by atoms with Crippen molar-refractivity contribution >= 4 is 0 Å². The van der Waals surface area contributed by atoms with E-state index in [0.29, 0.717) is 11.3 Å². The molecule has 0 saturated carbocycles. The van der Waals surface area contributed by atoms with Gasteiger partial charge in [0.1, 0.15) is 0 Å². The summed E-state index contributed by atoms with van der Waals surface area (Å²) in [5, 5.41) is 5.52. The Morgan fingerprint density at radius 3 is 2.33 bits per heavy atom. The molecule has 0 radical (unpaired) electrons. The zero-order chi connectivity index (χ0) is 10.9. The topological polar surface area (TPSA) is 41.6 Å². The fourth-order valence-electron chi connectivity index (χ4n) is 1.15. The number of pyridine rings is 1. The van der Waals surface area contributed by atoms with E-state index in [0.717, 1.165) is 6.07 Å². The molecule has 6 heteroatoms. The Morgan fingerprint density at radius 1 is 1.13 bits per heavy atom. The summed E-state index contributed by atoms with van der Waals surface area (Å²) in [6, 6.07) is 4.18. The van der Waals surface area contributed by atoms with Gasteiger partial charge in [0.25, 0.3) is 0 Å². The van der Waals surface area contributed by atoms with Crippen LogP contribution < -0.4 is 0 Å². The van der Waals surface area contributed by atoms with Crippen molar-refractivity contribution in [3.8, 4) is 11.3 Å². The van der Waals surface area contributed by atoms with Gasteiger partial charge in [-0.3, -0.25) is 10.1 Å². The number of H-pyrrole nitrogens is 1. The van der Waals surface area contributed by atoms with Crippen molar-refractivity contribution in [1.29, 1.82) is 0 Å². The van der Waals surface area contributed by atoms with Crippen LogP contribution in [-0.2, 0) is 6.18 Å². The quantitative estimate of drug-likeness (QED) is 0.790. The number of aromatic amines is 1. The Kier molecular flexibility index (Phi) is 2.18. The van der Waals surface area contributed by atoms with E-state index in [1.165, 1.54) is 12.4 Å². The summed E-state index contributed by atoms with van der Waals surface area (Å²) in [4.78, 5) is 3.77. The Bertz CT molecular complexity index is 447. The molecule has 0 spiro atoms. The van der Waals surface area contributed by atoms with Gasteiger partial charge in [-0.25, -0.2) is 0 Å². The van der Waals surface area contributed by atoms with Gasteiger partial charge in [0.05, 0.1) is 5.69 Å². The van der Waals surface area contributed by atoms with E-state index >= 15 is 0 Å². The van der Waals surface area contributed by atoms with Crippen LogP contribution in [0.15, 0.2) is 30.6 Å². The number of nitrogens with zero attached hydrogens (tertiary/aromatic N) is 2. The van der Waals surface area contributed by atoms with Gasteiger partial charge < -0.3 is 0 Å². The minimum absolute atomic E-state index is 0.324.